The highest BCUT2D eigenvalue weighted by Crippen LogP contribution is 2.16. The molecule has 1 aromatic carbocycles. The van der Waals surface area contributed by atoms with Crippen LogP contribution in [0.5, 0.6) is 5.75 Å². The normalized spacial score (nSPS) is 10.1. The standard InChI is InChI=1S/C15H16N2O3/c1-10-7-8-16-14(18)13(10)15(19)17-9-11-5-3-4-6-12(11)20-2/h3-8H,9H2,1-2H3,(H,16,18)(H,17,19). The first-order chi connectivity index (χ1) is 9.63. The minimum absolute atomic E-state index is 0.141. The van der Waals surface area contributed by atoms with Gasteiger partial charge in [-0.25, -0.2) is 0 Å². The zero-order valence-corrected chi connectivity index (χ0v) is 11.4. The number of hydrogen-bond donors (Lipinski definition) is 2. The molecule has 0 aliphatic carbocycles. The molecule has 1 amide bonds. The van der Waals surface area contributed by atoms with E-state index in [-0.39, 0.29) is 11.1 Å². The van der Waals surface area contributed by atoms with Crippen LogP contribution in [0.3, 0.4) is 0 Å². The second-order valence-electron chi connectivity index (χ2n) is 4.36. The summed E-state index contributed by atoms with van der Waals surface area (Å²) in [4.78, 5) is 26.3. The molecule has 5 heteroatoms. The lowest BCUT2D eigenvalue weighted by Crippen LogP contribution is -2.30. The van der Waals surface area contributed by atoms with E-state index in [2.05, 4.69) is 10.3 Å². The Morgan fingerprint density at radius 2 is 2.05 bits per heavy atom. The van der Waals surface area contributed by atoms with Crippen LogP contribution in [0.4, 0.5) is 0 Å². The number of nitrogens with one attached hydrogen (secondary N) is 2. The Morgan fingerprint density at radius 3 is 2.75 bits per heavy atom. The predicted octanol–water partition coefficient (Wildman–Crippen LogP) is 1.62. The van der Waals surface area contributed by atoms with E-state index in [1.807, 2.05) is 24.3 Å². The molecule has 0 atom stereocenters. The number of aromatic amines is 1. The molecule has 1 heterocycles. The molecule has 2 rings (SSSR count). The fourth-order valence-corrected chi connectivity index (χ4v) is 1.97. The monoisotopic (exact) mass is 272 g/mol. The van der Waals surface area contributed by atoms with Gasteiger partial charge in [-0.15, -0.1) is 0 Å². The Morgan fingerprint density at radius 1 is 1.30 bits per heavy atom. The van der Waals surface area contributed by atoms with E-state index in [0.717, 1.165) is 5.56 Å². The Balaban J connectivity index is 2.15. The number of ether oxygens (including phenoxy) is 1. The third-order valence-corrected chi connectivity index (χ3v) is 3.03. The molecule has 0 saturated carbocycles. The van der Waals surface area contributed by atoms with Crippen molar-refractivity contribution in [1.29, 1.82) is 0 Å². The molecule has 0 aliphatic heterocycles. The molecular formula is C15H16N2O3. The summed E-state index contributed by atoms with van der Waals surface area (Å²) in [5, 5.41) is 2.73. The first-order valence-electron chi connectivity index (χ1n) is 6.22. The maximum atomic E-state index is 12.1. The minimum Gasteiger partial charge on any atom is -0.496 e. The number of aromatic nitrogens is 1. The van der Waals surface area contributed by atoms with Crippen LogP contribution < -0.4 is 15.6 Å². The van der Waals surface area contributed by atoms with Crippen molar-refractivity contribution < 1.29 is 9.53 Å². The van der Waals surface area contributed by atoms with Gasteiger partial charge in [0.2, 0.25) is 0 Å². The van der Waals surface area contributed by atoms with Crippen LogP contribution in [0.25, 0.3) is 0 Å². The summed E-state index contributed by atoms with van der Waals surface area (Å²) in [6.07, 6.45) is 1.52. The quantitative estimate of drug-likeness (QED) is 0.888. The topological polar surface area (TPSA) is 71.2 Å². The second kappa shape index (κ2) is 6.06. The average molecular weight is 272 g/mol. The van der Waals surface area contributed by atoms with E-state index in [1.54, 1.807) is 20.1 Å². The SMILES string of the molecule is COc1ccccc1CNC(=O)c1c(C)cc[nH]c1=O. The molecule has 0 unspecified atom stereocenters. The highest BCUT2D eigenvalue weighted by molar-refractivity contribution is 5.95. The highest BCUT2D eigenvalue weighted by atomic mass is 16.5. The average Bonchev–Trinajstić information content (AvgIpc) is 2.45. The number of methoxy groups -OCH3 is 1. The van der Waals surface area contributed by atoms with Crippen LogP contribution in [0.2, 0.25) is 0 Å². The third kappa shape index (κ3) is 2.88. The lowest BCUT2D eigenvalue weighted by Gasteiger charge is -2.10. The van der Waals surface area contributed by atoms with Crippen LogP contribution >= 0.6 is 0 Å². The van der Waals surface area contributed by atoms with Gasteiger partial charge < -0.3 is 15.0 Å². The Labute approximate surface area is 116 Å². The molecule has 1 aromatic heterocycles. The number of aryl methyl sites for hydroxylation is 1. The number of carbonyl (C=O) groups is 1. The zero-order chi connectivity index (χ0) is 14.5. The maximum absolute atomic E-state index is 12.1. The molecule has 2 N–H and O–H groups in total. The molecule has 104 valence electrons. The van der Waals surface area contributed by atoms with Crippen LogP contribution in [-0.2, 0) is 6.54 Å². The Hall–Kier alpha value is -2.56. The molecule has 2 aromatic rings. The van der Waals surface area contributed by atoms with Crippen LogP contribution in [0.1, 0.15) is 21.5 Å². The number of rotatable bonds is 4. The number of carbonyl (C=O) groups excluding carboxylic acids is 1. The van der Waals surface area contributed by atoms with Gasteiger partial charge >= 0.3 is 0 Å². The van der Waals surface area contributed by atoms with E-state index in [1.165, 1.54) is 6.20 Å². The van der Waals surface area contributed by atoms with Crippen molar-refractivity contribution in [2.24, 2.45) is 0 Å². The molecule has 0 saturated heterocycles. The van der Waals surface area contributed by atoms with Gasteiger partial charge in [-0.1, -0.05) is 18.2 Å². The molecule has 0 bridgehead atoms. The van der Waals surface area contributed by atoms with Gasteiger partial charge in [0.15, 0.2) is 0 Å². The lowest BCUT2D eigenvalue weighted by atomic mass is 10.1. The van der Waals surface area contributed by atoms with Crippen molar-refractivity contribution in [2.45, 2.75) is 13.5 Å². The first kappa shape index (κ1) is 13.9. The van der Waals surface area contributed by atoms with Crippen LogP contribution in [-0.4, -0.2) is 18.0 Å². The number of hydrogen-bond acceptors (Lipinski definition) is 3. The van der Waals surface area contributed by atoms with Crippen molar-refractivity contribution >= 4 is 5.91 Å². The second-order valence-corrected chi connectivity index (χ2v) is 4.36. The Kier molecular flexibility index (Phi) is 4.20. The van der Waals surface area contributed by atoms with Crippen LogP contribution in [0.15, 0.2) is 41.3 Å². The van der Waals surface area contributed by atoms with Crippen molar-refractivity contribution in [1.82, 2.24) is 10.3 Å². The minimum atomic E-state index is -0.393. The maximum Gasteiger partial charge on any atom is 0.261 e. The summed E-state index contributed by atoms with van der Waals surface area (Å²) in [6, 6.07) is 9.10. The highest BCUT2D eigenvalue weighted by Gasteiger charge is 2.13. The molecule has 0 spiro atoms. The fraction of sp³-hybridized carbons (Fsp3) is 0.200. The van der Waals surface area contributed by atoms with Gasteiger partial charge in [0, 0.05) is 18.3 Å². The number of benzene rings is 1. The Bertz CT molecular complexity index is 677. The summed E-state index contributed by atoms with van der Waals surface area (Å²) in [7, 11) is 1.58. The van der Waals surface area contributed by atoms with Crippen molar-refractivity contribution in [3.05, 3.63) is 63.6 Å². The van der Waals surface area contributed by atoms with Gasteiger partial charge in [0.25, 0.3) is 11.5 Å². The first-order valence-corrected chi connectivity index (χ1v) is 6.22. The van der Waals surface area contributed by atoms with E-state index in [0.29, 0.717) is 17.9 Å². The zero-order valence-electron chi connectivity index (χ0n) is 11.4. The number of amides is 1. The number of H-pyrrole nitrogens is 1. The van der Waals surface area contributed by atoms with E-state index in [4.69, 9.17) is 4.74 Å². The largest absolute Gasteiger partial charge is 0.496 e. The van der Waals surface area contributed by atoms with Gasteiger partial charge in [-0.3, -0.25) is 9.59 Å². The lowest BCUT2D eigenvalue weighted by molar-refractivity contribution is 0.0948. The van der Waals surface area contributed by atoms with Crippen LogP contribution in [0, 0.1) is 6.92 Å². The van der Waals surface area contributed by atoms with Crippen molar-refractivity contribution in [3.8, 4) is 5.75 Å². The summed E-state index contributed by atoms with van der Waals surface area (Å²) in [6.45, 7) is 2.03. The smallest absolute Gasteiger partial charge is 0.261 e. The van der Waals surface area contributed by atoms with E-state index in [9.17, 15) is 9.59 Å². The number of para-hydroxylation sites is 1. The summed E-state index contributed by atoms with van der Waals surface area (Å²) in [5.74, 6) is 0.307. The molecule has 5 nitrogen and oxygen atoms in total. The summed E-state index contributed by atoms with van der Waals surface area (Å²) in [5.41, 5.74) is 1.25. The molecule has 0 fully saturated rings. The predicted molar refractivity (Wildman–Crippen MR) is 76.0 cm³/mol. The van der Waals surface area contributed by atoms with E-state index >= 15 is 0 Å². The summed E-state index contributed by atoms with van der Waals surface area (Å²) >= 11 is 0. The van der Waals surface area contributed by atoms with Gasteiger partial charge in [-0.2, -0.15) is 0 Å². The summed E-state index contributed by atoms with van der Waals surface area (Å²) < 4.78 is 5.21. The number of pyridine rings is 1. The van der Waals surface area contributed by atoms with Crippen molar-refractivity contribution in [2.75, 3.05) is 7.11 Å². The third-order valence-electron chi connectivity index (χ3n) is 3.03. The molecule has 0 aliphatic rings. The molecular weight excluding hydrogens is 256 g/mol. The van der Waals surface area contributed by atoms with Gasteiger partial charge in [0.1, 0.15) is 11.3 Å². The fourth-order valence-electron chi connectivity index (χ4n) is 1.97. The molecule has 20 heavy (non-hydrogen) atoms. The van der Waals surface area contributed by atoms with E-state index < -0.39 is 5.91 Å². The van der Waals surface area contributed by atoms with Gasteiger partial charge in [-0.05, 0) is 24.6 Å². The van der Waals surface area contributed by atoms with Gasteiger partial charge in [0.05, 0.1) is 7.11 Å². The van der Waals surface area contributed by atoms with Crippen molar-refractivity contribution in [3.63, 3.8) is 0 Å². The molecule has 0 radical (unpaired) electrons.